The van der Waals surface area contributed by atoms with E-state index in [0.29, 0.717) is 18.9 Å². The number of ether oxygens (including phenoxy) is 3. The topological polar surface area (TPSA) is 27.7 Å². The summed E-state index contributed by atoms with van der Waals surface area (Å²) < 4.78 is 15.7. The van der Waals surface area contributed by atoms with Gasteiger partial charge >= 0.3 is 0 Å². The number of rotatable bonds is 4. The third-order valence-electron chi connectivity index (χ3n) is 1.91. The van der Waals surface area contributed by atoms with Crippen LogP contribution >= 0.6 is 0 Å². The van der Waals surface area contributed by atoms with Crippen molar-refractivity contribution in [2.45, 2.75) is 19.1 Å². The van der Waals surface area contributed by atoms with E-state index in [1.807, 2.05) is 0 Å². The monoisotopic (exact) mass is 172 g/mol. The second-order valence-corrected chi connectivity index (χ2v) is 2.99. The fraction of sp³-hybridized carbons (Fsp3) is 0.889. The van der Waals surface area contributed by atoms with Gasteiger partial charge in [-0.1, -0.05) is 0 Å². The molecule has 3 nitrogen and oxygen atoms in total. The van der Waals surface area contributed by atoms with Crippen molar-refractivity contribution in [2.24, 2.45) is 5.92 Å². The quantitative estimate of drug-likeness (QED) is 0.636. The molecule has 70 valence electrons. The third-order valence-corrected chi connectivity index (χ3v) is 1.91. The summed E-state index contributed by atoms with van der Waals surface area (Å²) in [6.45, 7) is 7.41. The van der Waals surface area contributed by atoms with Crippen molar-refractivity contribution in [3.63, 3.8) is 0 Å². The van der Waals surface area contributed by atoms with Gasteiger partial charge in [0, 0.05) is 13.0 Å². The maximum Gasteiger partial charge on any atom is 0.180 e. The van der Waals surface area contributed by atoms with Crippen LogP contribution in [0.2, 0.25) is 0 Å². The first-order valence-electron chi connectivity index (χ1n) is 4.29. The Morgan fingerprint density at radius 1 is 1.42 bits per heavy atom. The van der Waals surface area contributed by atoms with Crippen molar-refractivity contribution in [3.8, 4) is 0 Å². The molecule has 1 heterocycles. The highest BCUT2D eigenvalue weighted by molar-refractivity contribution is 4.63. The number of hydrogen-bond donors (Lipinski definition) is 0. The molecule has 0 aromatic heterocycles. The van der Waals surface area contributed by atoms with Crippen LogP contribution in [0.1, 0.15) is 12.8 Å². The molecular formula is C9H16O3. The van der Waals surface area contributed by atoms with Gasteiger partial charge in [0.2, 0.25) is 0 Å². The molecule has 1 fully saturated rings. The minimum absolute atomic E-state index is 0.177. The van der Waals surface area contributed by atoms with Gasteiger partial charge in [0.1, 0.15) is 0 Å². The zero-order chi connectivity index (χ0) is 8.81. The van der Waals surface area contributed by atoms with Crippen LogP contribution < -0.4 is 0 Å². The average Bonchev–Trinajstić information content (AvgIpc) is 2.09. The summed E-state index contributed by atoms with van der Waals surface area (Å²) in [5.41, 5.74) is 0. The molecule has 1 aliphatic heterocycles. The summed E-state index contributed by atoms with van der Waals surface area (Å²) in [4.78, 5) is 0. The Hall–Kier alpha value is -0.120. The first kappa shape index (κ1) is 9.96. The summed E-state index contributed by atoms with van der Waals surface area (Å²) >= 11 is 0. The zero-order valence-corrected chi connectivity index (χ0v) is 7.49. The van der Waals surface area contributed by atoms with E-state index in [1.165, 1.54) is 0 Å². The predicted molar refractivity (Wildman–Crippen MR) is 44.6 cm³/mol. The fourth-order valence-corrected chi connectivity index (χ4v) is 1.22. The molecule has 0 aromatic rings. The summed E-state index contributed by atoms with van der Waals surface area (Å²) in [5.74, 6) is 0.461. The van der Waals surface area contributed by atoms with Crippen molar-refractivity contribution in [2.75, 3.05) is 26.9 Å². The van der Waals surface area contributed by atoms with Gasteiger partial charge < -0.3 is 14.2 Å². The smallest absolute Gasteiger partial charge is 0.180 e. The van der Waals surface area contributed by atoms with Crippen molar-refractivity contribution in [1.82, 2.24) is 0 Å². The fourth-order valence-electron chi connectivity index (χ4n) is 1.22. The van der Waals surface area contributed by atoms with Crippen molar-refractivity contribution >= 4 is 0 Å². The van der Waals surface area contributed by atoms with Gasteiger partial charge in [-0.2, -0.15) is 0 Å². The van der Waals surface area contributed by atoms with Gasteiger partial charge in [-0.05, 0) is 19.8 Å². The molecule has 2 radical (unpaired) electrons. The molecule has 1 saturated heterocycles. The van der Waals surface area contributed by atoms with Gasteiger partial charge in [0.25, 0.3) is 0 Å². The van der Waals surface area contributed by atoms with E-state index in [9.17, 15) is 0 Å². The van der Waals surface area contributed by atoms with E-state index < -0.39 is 0 Å². The molecular weight excluding hydrogens is 156 g/mol. The van der Waals surface area contributed by atoms with Crippen LogP contribution in [0.5, 0.6) is 0 Å². The molecule has 0 bridgehead atoms. The Kier molecular flexibility index (Phi) is 4.58. The maximum absolute atomic E-state index is 5.42. The second-order valence-electron chi connectivity index (χ2n) is 2.99. The van der Waals surface area contributed by atoms with Crippen molar-refractivity contribution in [3.05, 3.63) is 6.92 Å². The van der Waals surface area contributed by atoms with Crippen LogP contribution in [0.3, 0.4) is 0 Å². The standard InChI is InChI=1S/C9H16O3/c1-3-4-8-5-11-9(7-10-2)12-6-8/h1,8-9H,3-7H2,2H3. The summed E-state index contributed by atoms with van der Waals surface area (Å²) in [5, 5.41) is 0. The van der Waals surface area contributed by atoms with Gasteiger partial charge in [0.05, 0.1) is 19.8 Å². The molecule has 1 aliphatic rings. The molecule has 3 heteroatoms. The Balaban J connectivity index is 2.11. The third kappa shape index (κ3) is 3.09. The lowest BCUT2D eigenvalue weighted by atomic mass is 10.1. The Bertz CT molecular complexity index is 94.3. The molecule has 0 amide bonds. The van der Waals surface area contributed by atoms with Gasteiger partial charge in [0.15, 0.2) is 6.29 Å². The molecule has 0 spiro atoms. The maximum atomic E-state index is 5.42. The highest BCUT2D eigenvalue weighted by atomic mass is 16.7. The average molecular weight is 172 g/mol. The lowest BCUT2D eigenvalue weighted by Gasteiger charge is -2.28. The number of hydrogen-bond acceptors (Lipinski definition) is 3. The van der Waals surface area contributed by atoms with Crippen LogP contribution in [0.25, 0.3) is 0 Å². The van der Waals surface area contributed by atoms with E-state index in [4.69, 9.17) is 21.1 Å². The highest BCUT2D eigenvalue weighted by Crippen LogP contribution is 2.15. The van der Waals surface area contributed by atoms with E-state index in [1.54, 1.807) is 7.11 Å². The second kappa shape index (κ2) is 5.51. The molecule has 1 rings (SSSR count). The zero-order valence-electron chi connectivity index (χ0n) is 7.49. The molecule has 0 aromatic carbocycles. The van der Waals surface area contributed by atoms with Crippen molar-refractivity contribution in [1.29, 1.82) is 0 Å². The minimum Gasteiger partial charge on any atom is -0.379 e. The van der Waals surface area contributed by atoms with Gasteiger partial charge in [-0.15, -0.1) is 0 Å². The Morgan fingerprint density at radius 2 is 2.08 bits per heavy atom. The minimum atomic E-state index is -0.177. The first-order valence-corrected chi connectivity index (χ1v) is 4.29. The molecule has 12 heavy (non-hydrogen) atoms. The molecule has 0 unspecified atom stereocenters. The molecule has 0 aliphatic carbocycles. The van der Waals surface area contributed by atoms with E-state index in [-0.39, 0.29) is 6.29 Å². The van der Waals surface area contributed by atoms with Gasteiger partial charge in [-0.25, -0.2) is 0 Å². The lowest BCUT2D eigenvalue weighted by molar-refractivity contribution is -0.218. The summed E-state index contributed by atoms with van der Waals surface area (Å²) in [7, 11) is 1.64. The first-order chi connectivity index (χ1) is 5.86. The summed E-state index contributed by atoms with van der Waals surface area (Å²) in [6.07, 6.45) is 1.50. The normalized spacial score (nSPS) is 30.5. The SMILES string of the molecule is [CH]CCC1COC(COC)OC1. The van der Waals surface area contributed by atoms with Gasteiger partial charge in [-0.3, -0.25) is 0 Å². The molecule has 0 saturated carbocycles. The van der Waals surface area contributed by atoms with Crippen LogP contribution in [0.4, 0.5) is 0 Å². The van der Waals surface area contributed by atoms with E-state index in [0.717, 1.165) is 19.6 Å². The summed E-state index contributed by atoms with van der Waals surface area (Å²) in [6, 6.07) is 0. The highest BCUT2D eigenvalue weighted by Gasteiger charge is 2.20. The van der Waals surface area contributed by atoms with Crippen LogP contribution in [-0.4, -0.2) is 33.2 Å². The lowest BCUT2D eigenvalue weighted by Crippen LogP contribution is -2.34. The van der Waals surface area contributed by atoms with Crippen molar-refractivity contribution < 1.29 is 14.2 Å². The molecule has 0 N–H and O–H groups in total. The Labute approximate surface area is 74.0 Å². The predicted octanol–water partition coefficient (Wildman–Crippen LogP) is 1.11. The largest absolute Gasteiger partial charge is 0.379 e. The Morgan fingerprint density at radius 3 is 2.58 bits per heavy atom. The van der Waals surface area contributed by atoms with E-state index in [2.05, 4.69) is 0 Å². The van der Waals surface area contributed by atoms with Crippen LogP contribution in [0.15, 0.2) is 0 Å². The van der Waals surface area contributed by atoms with Crippen LogP contribution in [0, 0.1) is 12.8 Å². The number of methoxy groups -OCH3 is 1. The van der Waals surface area contributed by atoms with Crippen LogP contribution in [-0.2, 0) is 14.2 Å². The van der Waals surface area contributed by atoms with E-state index >= 15 is 0 Å². The molecule has 0 atom stereocenters.